The minimum atomic E-state index is -0.283. The van der Waals surface area contributed by atoms with Gasteiger partial charge < -0.3 is 19.7 Å². The van der Waals surface area contributed by atoms with E-state index in [9.17, 15) is 9.59 Å². The van der Waals surface area contributed by atoms with Gasteiger partial charge in [-0.05, 0) is 31.0 Å². The van der Waals surface area contributed by atoms with Crippen LogP contribution in [0.5, 0.6) is 11.5 Å². The van der Waals surface area contributed by atoms with E-state index in [1.165, 1.54) is 0 Å². The zero-order valence-electron chi connectivity index (χ0n) is 15.9. The summed E-state index contributed by atoms with van der Waals surface area (Å²) in [6, 6.07) is 12.1. The van der Waals surface area contributed by atoms with Crippen molar-refractivity contribution < 1.29 is 19.1 Å². The Morgan fingerprint density at radius 1 is 1.11 bits per heavy atom. The zero-order chi connectivity index (χ0) is 20.1. The molecule has 1 N–H and O–H groups in total. The number of benzene rings is 2. The predicted octanol–water partition coefficient (Wildman–Crippen LogP) is 3.85. The number of methoxy groups -OCH3 is 2. The largest absolute Gasteiger partial charge is 0.497 e. The molecule has 6 nitrogen and oxygen atoms in total. The van der Waals surface area contributed by atoms with Crippen LogP contribution < -0.4 is 14.8 Å². The van der Waals surface area contributed by atoms with Crippen LogP contribution in [-0.2, 0) is 4.79 Å². The molecule has 7 heteroatoms. The first kappa shape index (κ1) is 20.0. The number of piperidine rings is 1. The fourth-order valence-corrected chi connectivity index (χ4v) is 3.49. The first-order valence-electron chi connectivity index (χ1n) is 9.09. The molecular weight excluding hydrogens is 380 g/mol. The molecule has 0 spiro atoms. The van der Waals surface area contributed by atoms with E-state index in [0.717, 1.165) is 12.8 Å². The maximum absolute atomic E-state index is 12.8. The van der Waals surface area contributed by atoms with Gasteiger partial charge in [-0.25, -0.2) is 0 Å². The number of hydrogen-bond acceptors (Lipinski definition) is 4. The van der Waals surface area contributed by atoms with Gasteiger partial charge in [0.25, 0.3) is 5.91 Å². The summed E-state index contributed by atoms with van der Waals surface area (Å²) < 4.78 is 10.5. The number of halogens is 1. The van der Waals surface area contributed by atoms with Crippen LogP contribution >= 0.6 is 11.6 Å². The minimum absolute atomic E-state index is 0.108. The van der Waals surface area contributed by atoms with E-state index in [1.54, 1.807) is 61.6 Å². The number of nitrogens with one attached hydrogen (secondary N) is 1. The first-order valence-corrected chi connectivity index (χ1v) is 9.46. The second kappa shape index (κ2) is 8.97. The summed E-state index contributed by atoms with van der Waals surface area (Å²) in [5.41, 5.74) is 1.13. The van der Waals surface area contributed by atoms with Gasteiger partial charge >= 0.3 is 0 Å². The van der Waals surface area contributed by atoms with Crippen LogP contribution in [0.2, 0.25) is 5.02 Å². The lowest BCUT2D eigenvalue weighted by molar-refractivity contribution is -0.121. The van der Waals surface area contributed by atoms with Gasteiger partial charge in [0, 0.05) is 47.6 Å². The lowest BCUT2D eigenvalue weighted by atomic mass is 9.96. The van der Waals surface area contributed by atoms with Gasteiger partial charge in [-0.2, -0.15) is 0 Å². The number of carbonyl (C=O) groups excluding carboxylic acids is 2. The van der Waals surface area contributed by atoms with Crippen molar-refractivity contribution >= 4 is 29.1 Å². The molecule has 0 aromatic heterocycles. The van der Waals surface area contributed by atoms with Crippen LogP contribution in [0.1, 0.15) is 23.2 Å². The van der Waals surface area contributed by atoms with Gasteiger partial charge in [0.1, 0.15) is 11.5 Å². The molecule has 0 saturated carbocycles. The highest BCUT2D eigenvalue weighted by atomic mass is 35.5. The van der Waals surface area contributed by atoms with Crippen molar-refractivity contribution in [3.8, 4) is 11.5 Å². The molecule has 2 aromatic carbocycles. The molecule has 1 atom stereocenters. The van der Waals surface area contributed by atoms with Crippen molar-refractivity contribution in [1.29, 1.82) is 0 Å². The highest BCUT2D eigenvalue weighted by Crippen LogP contribution is 2.27. The highest BCUT2D eigenvalue weighted by molar-refractivity contribution is 6.30. The van der Waals surface area contributed by atoms with Gasteiger partial charge in [0.2, 0.25) is 5.91 Å². The van der Waals surface area contributed by atoms with Gasteiger partial charge in [-0.1, -0.05) is 17.7 Å². The third-order valence-electron chi connectivity index (χ3n) is 4.77. The van der Waals surface area contributed by atoms with Gasteiger partial charge in [-0.15, -0.1) is 0 Å². The Labute approximate surface area is 169 Å². The van der Waals surface area contributed by atoms with Crippen LogP contribution in [0.3, 0.4) is 0 Å². The standard InChI is InChI=1S/C21H23ClN2O4/c1-27-18-10-17(11-19(12-18)28-2)23-20(25)15-6-4-8-24(13-15)21(26)14-5-3-7-16(22)9-14/h3,5,7,9-12,15H,4,6,8,13H2,1-2H3,(H,23,25). The number of anilines is 1. The Balaban J connectivity index is 1.68. The number of ether oxygens (including phenoxy) is 2. The molecule has 1 aliphatic rings. The van der Waals surface area contributed by atoms with Crippen molar-refractivity contribution in [3.05, 3.63) is 53.1 Å². The van der Waals surface area contributed by atoms with E-state index >= 15 is 0 Å². The summed E-state index contributed by atoms with van der Waals surface area (Å²) in [5.74, 6) is 0.670. The van der Waals surface area contributed by atoms with Crippen LogP contribution in [0.4, 0.5) is 5.69 Å². The Morgan fingerprint density at radius 2 is 1.82 bits per heavy atom. The third kappa shape index (κ3) is 4.75. The van der Waals surface area contributed by atoms with Crippen molar-refractivity contribution in [2.24, 2.45) is 5.92 Å². The molecule has 1 saturated heterocycles. The number of nitrogens with zero attached hydrogens (tertiary/aromatic N) is 1. The molecule has 3 rings (SSSR count). The lowest BCUT2D eigenvalue weighted by Gasteiger charge is -2.32. The second-order valence-electron chi connectivity index (χ2n) is 6.69. The molecule has 2 amide bonds. The number of amides is 2. The predicted molar refractivity (Wildman–Crippen MR) is 108 cm³/mol. The summed E-state index contributed by atoms with van der Waals surface area (Å²) in [7, 11) is 3.11. The van der Waals surface area contributed by atoms with E-state index in [0.29, 0.717) is 40.9 Å². The quantitative estimate of drug-likeness (QED) is 0.824. The average molecular weight is 403 g/mol. The summed E-state index contributed by atoms with van der Waals surface area (Å²) in [6.07, 6.45) is 1.50. The van der Waals surface area contributed by atoms with Crippen molar-refractivity contribution in [3.63, 3.8) is 0 Å². The first-order chi connectivity index (χ1) is 13.5. The SMILES string of the molecule is COc1cc(NC(=O)C2CCCN(C(=O)c3cccc(Cl)c3)C2)cc(OC)c1. The molecule has 28 heavy (non-hydrogen) atoms. The maximum Gasteiger partial charge on any atom is 0.253 e. The smallest absolute Gasteiger partial charge is 0.253 e. The highest BCUT2D eigenvalue weighted by Gasteiger charge is 2.29. The molecular formula is C21H23ClN2O4. The Morgan fingerprint density at radius 3 is 2.46 bits per heavy atom. The van der Waals surface area contributed by atoms with Crippen molar-refractivity contribution in [2.75, 3.05) is 32.6 Å². The van der Waals surface area contributed by atoms with Crippen LogP contribution in [0.25, 0.3) is 0 Å². The third-order valence-corrected chi connectivity index (χ3v) is 5.01. The Hall–Kier alpha value is -2.73. The molecule has 1 aliphatic heterocycles. The molecule has 0 bridgehead atoms. The van der Waals surface area contributed by atoms with Crippen molar-refractivity contribution in [1.82, 2.24) is 4.90 Å². The average Bonchev–Trinajstić information content (AvgIpc) is 2.72. The number of likely N-dealkylation sites (tertiary alicyclic amines) is 1. The van der Waals surface area contributed by atoms with E-state index < -0.39 is 0 Å². The fraction of sp³-hybridized carbons (Fsp3) is 0.333. The van der Waals surface area contributed by atoms with Gasteiger partial charge in [0.05, 0.1) is 20.1 Å². The van der Waals surface area contributed by atoms with Crippen LogP contribution in [0, 0.1) is 5.92 Å². The van der Waals surface area contributed by atoms with Crippen LogP contribution in [-0.4, -0.2) is 44.0 Å². The number of carbonyl (C=O) groups is 2. The maximum atomic E-state index is 12.8. The Bertz CT molecular complexity index is 849. The lowest BCUT2D eigenvalue weighted by Crippen LogP contribution is -2.43. The number of rotatable bonds is 5. The minimum Gasteiger partial charge on any atom is -0.497 e. The van der Waals surface area contributed by atoms with E-state index in [1.807, 2.05) is 0 Å². The van der Waals surface area contributed by atoms with E-state index in [4.69, 9.17) is 21.1 Å². The van der Waals surface area contributed by atoms with Crippen molar-refractivity contribution in [2.45, 2.75) is 12.8 Å². The monoisotopic (exact) mass is 402 g/mol. The molecule has 2 aromatic rings. The normalized spacial score (nSPS) is 16.4. The molecule has 0 radical (unpaired) electrons. The van der Waals surface area contributed by atoms with E-state index in [2.05, 4.69) is 5.32 Å². The zero-order valence-corrected chi connectivity index (χ0v) is 16.7. The molecule has 1 heterocycles. The fourth-order valence-electron chi connectivity index (χ4n) is 3.30. The molecule has 0 aliphatic carbocycles. The van der Waals surface area contributed by atoms with E-state index in [-0.39, 0.29) is 17.7 Å². The Kier molecular flexibility index (Phi) is 6.41. The molecule has 1 fully saturated rings. The summed E-state index contributed by atoms with van der Waals surface area (Å²) >= 11 is 5.99. The summed E-state index contributed by atoms with van der Waals surface area (Å²) in [4.78, 5) is 27.2. The number of hydrogen-bond donors (Lipinski definition) is 1. The second-order valence-corrected chi connectivity index (χ2v) is 7.13. The molecule has 1 unspecified atom stereocenters. The van der Waals surface area contributed by atoms with Crippen LogP contribution in [0.15, 0.2) is 42.5 Å². The summed E-state index contributed by atoms with van der Waals surface area (Å²) in [5, 5.41) is 3.43. The van der Waals surface area contributed by atoms with Gasteiger partial charge in [-0.3, -0.25) is 9.59 Å². The topological polar surface area (TPSA) is 67.9 Å². The van der Waals surface area contributed by atoms with Gasteiger partial charge in [0.15, 0.2) is 0 Å². The summed E-state index contributed by atoms with van der Waals surface area (Å²) in [6.45, 7) is 1.00. The molecule has 148 valence electrons.